The molecule has 0 aromatic heterocycles. The van der Waals surface area contributed by atoms with E-state index in [4.69, 9.17) is 9.16 Å². The van der Waals surface area contributed by atoms with Crippen LogP contribution in [0.5, 0.6) is 0 Å². The summed E-state index contributed by atoms with van der Waals surface area (Å²) < 4.78 is 12.0. The van der Waals surface area contributed by atoms with Gasteiger partial charge in [0.2, 0.25) is 0 Å². The van der Waals surface area contributed by atoms with Crippen LogP contribution in [0.2, 0.25) is 18.1 Å². The minimum Gasteiger partial charge on any atom is -0.409 e. The Kier molecular flexibility index (Phi) is 2.98. The number of hydrogen-bond acceptors (Lipinski definition) is 3. The molecule has 0 amide bonds. The van der Waals surface area contributed by atoms with Gasteiger partial charge in [0.25, 0.3) is 0 Å². The molecule has 4 atom stereocenters. The lowest BCUT2D eigenvalue weighted by Crippen LogP contribution is -2.50. The number of rotatable bonds is 2. The Labute approximate surface area is 99.3 Å². The van der Waals surface area contributed by atoms with E-state index >= 15 is 0 Å². The van der Waals surface area contributed by atoms with Gasteiger partial charge in [0.15, 0.2) is 8.32 Å². The van der Waals surface area contributed by atoms with E-state index in [2.05, 4.69) is 33.9 Å². The number of ether oxygens (including phenoxy) is 1. The van der Waals surface area contributed by atoms with Crippen LogP contribution >= 0.6 is 0 Å². The SMILES string of the molecule is CC(C)(C)[Si](C)(C)O[C@H]1[C@@H](O)[C@H]2CC[C@@H]1O2. The van der Waals surface area contributed by atoms with Crippen molar-refractivity contribution in [1.29, 1.82) is 0 Å². The van der Waals surface area contributed by atoms with Gasteiger partial charge in [-0.2, -0.15) is 0 Å². The van der Waals surface area contributed by atoms with E-state index in [1.165, 1.54) is 0 Å². The zero-order chi connectivity index (χ0) is 12.1. The fraction of sp³-hybridized carbons (Fsp3) is 1.00. The fourth-order valence-electron chi connectivity index (χ4n) is 2.28. The maximum absolute atomic E-state index is 10.1. The van der Waals surface area contributed by atoms with Gasteiger partial charge in [-0.05, 0) is 31.0 Å². The third-order valence-electron chi connectivity index (χ3n) is 4.41. The summed E-state index contributed by atoms with van der Waals surface area (Å²) in [6, 6.07) is 0. The Balaban J connectivity index is 2.05. The Morgan fingerprint density at radius 2 is 1.75 bits per heavy atom. The predicted molar refractivity (Wildman–Crippen MR) is 66.0 cm³/mol. The normalized spacial score (nSPS) is 39.4. The molecule has 2 bridgehead atoms. The van der Waals surface area contributed by atoms with E-state index in [-0.39, 0.29) is 23.4 Å². The smallest absolute Gasteiger partial charge is 0.192 e. The van der Waals surface area contributed by atoms with Crippen LogP contribution in [0.4, 0.5) is 0 Å². The van der Waals surface area contributed by atoms with Crippen LogP contribution in [0.15, 0.2) is 0 Å². The zero-order valence-electron chi connectivity index (χ0n) is 11.0. The van der Waals surface area contributed by atoms with Crippen molar-refractivity contribution in [3.05, 3.63) is 0 Å². The molecular formula is C12H24O3Si. The molecular weight excluding hydrogens is 220 g/mol. The second kappa shape index (κ2) is 3.80. The molecule has 16 heavy (non-hydrogen) atoms. The van der Waals surface area contributed by atoms with Gasteiger partial charge < -0.3 is 14.3 Å². The Bertz CT molecular complexity index is 270. The van der Waals surface area contributed by atoms with Crippen molar-refractivity contribution in [2.45, 2.75) is 76.2 Å². The molecule has 2 rings (SSSR count). The molecule has 2 fully saturated rings. The summed E-state index contributed by atoms with van der Waals surface area (Å²) in [5, 5.41) is 10.3. The van der Waals surface area contributed by atoms with Gasteiger partial charge in [0.05, 0.1) is 18.3 Å². The molecule has 2 saturated heterocycles. The quantitative estimate of drug-likeness (QED) is 0.758. The second-order valence-electron chi connectivity index (χ2n) is 6.62. The van der Waals surface area contributed by atoms with E-state index < -0.39 is 14.4 Å². The van der Waals surface area contributed by atoms with Crippen molar-refractivity contribution in [2.24, 2.45) is 0 Å². The van der Waals surface area contributed by atoms with Gasteiger partial charge >= 0.3 is 0 Å². The van der Waals surface area contributed by atoms with Crippen LogP contribution in [-0.4, -0.2) is 37.8 Å². The van der Waals surface area contributed by atoms with E-state index in [9.17, 15) is 5.11 Å². The first-order valence-electron chi connectivity index (χ1n) is 6.24. The maximum atomic E-state index is 10.1. The average Bonchev–Trinajstić information content (AvgIpc) is 2.67. The summed E-state index contributed by atoms with van der Waals surface area (Å²) in [5.74, 6) is 0. The largest absolute Gasteiger partial charge is 0.409 e. The van der Waals surface area contributed by atoms with Gasteiger partial charge in [-0.25, -0.2) is 0 Å². The lowest BCUT2D eigenvalue weighted by atomic mass is 9.95. The summed E-state index contributed by atoms with van der Waals surface area (Å²) in [4.78, 5) is 0. The van der Waals surface area contributed by atoms with Crippen LogP contribution < -0.4 is 0 Å². The number of aliphatic hydroxyl groups is 1. The lowest BCUT2D eigenvalue weighted by molar-refractivity contribution is 0.0197. The molecule has 0 radical (unpaired) electrons. The summed E-state index contributed by atoms with van der Waals surface area (Å²) >= 11 is 0. The van der Waals surface area contributed by atoms with E-state index in [1.54, 1.807) is 0 Å². The van der Waals surface area contributed by atoms with E-state index in [1.807, 2.05) is 0 Å². The third-order valence-corrected chi connectivity index (χ3v) is 8.88. The highest BCUT2D eigenvalue weighted by Gasteiger charge is 2.52. The fourth-order valence-corrected chi connectivity index (χ4v) is 3.60. The van der Waals surface area contributed by atoms with Gasteiger partial charge in [-0.15, -0.1) is 0 Å². The number of hydrogen-bond donors (Lipinski definition) is 1. The molecule has 0 aliphatic carbocycles. The molecule has 2 aliphatic rings. The van der Waals surface area contributed by atoms with Crippen molar-refractivity contribution < 1.29 is 14.3 Å². The monoisotopic (exact) mass is 244 g/mol. The molecule has 0 unspecified atom stereocenters. The maximum Gasteiger partial charge on any atom is 0.192 e. The molecule has 94 valence electrons. The van der Waals surface area contributed by atoms with Crippen molar-refractivity contribution in [3.63, 3.8) is 0 Å². The minimum absolute atomic E-state index is 0.0276. The van der Waals surface area contributed by atoms with Gasteiger partial charge in [-0.1, -0.05) is 20.8 Å². The molecule has 1 N–H and O–H groups in total. The first-order valence-corrected chi connectivity index (χ1v) is 9.14. The lowest BCUT2D eigenvalue weighted by Gasteiger charge is -2.40. The Morgan fingerprint density at radius 1 is 1.19 bits per heavy atom. The van der Waals surface area contributed by atoms with Crippen LogP contribution in [0.3, 0.4) is 0 Å². The minimum atomic E-state index is -1.79. The van der Waals surface area contributed by atoms with Gasteiger partial charge in [-0.3, -0.25) is 0 Å². The Morgan fingerprint density at radius 3 is 2.19 bits per heavy atom. The highest BCUT2D eigenvalue weighted by Crippen LogP contribution is 2.43. The van der Waals surface area contributed by atoms with Crippen molar-refractivity contribution in [1.82, 2.24) is 0 Å². The molecule has 2 aliphatic heterocycles. The highest BCUT2D eigenvalue weighted by atomic mass is 28.4. The predicted octanol–water partition coefficient (Wildman–Crippen LogP) is 2.30. The molecule has 2 heterocycles. The topological polar surface area (TPSA) is 38.7 Å². The molecule has 0 aromatic carbocycles. The van der Waals surface area contributed by atoms with E-state index in [0.29, 0.717) is 0 Å². The molecule has 0 aromatic rings. The molecule has 3 nitrogen and oxygen atoms in total. The van der Waals surface area contributed by atoms with Crippen molar-refractivity contribution >= 4 is 8.32 Å². The third kappa shape index (κ3) is 1.96. The van der Waals surface area contributed by atoms with E-state index in [0.717, 1.165) is 12.8 Å². The number of aliphatic hydroxyl groups excluding tert-OH is 1. The second-order valence-corrected chi connectivity index (χ2v) is 11.4. The molecule has 0 saturated carbocycles. The van der Waals surface area contributed by atoms with Crippen molar-refractivity contribution in [2.75, 3.05) is 0 Å². The Hall–Kier alpha value is 0.0969. The summed E-state index contributed by atoms with van der Waals surface area (Å²) in [6.07, 6.45) is 1.70. The van der Waals surface area contributed by atoms with Crippen LogP contribution in [0.1, 0.15) is 33.6 Å². The summed E-state index contributed by atoms with van der Waals surface area (Å²) in [7, 11) is -1.79. The van der Waals surface area contributed by atoms with Crippen LogP contribution in [-0.2, 0) is 9.16 Å². The highest BCUT2D eigenvalue weighted by molar-refractivity contribution is 6.74. The summed E-state index contributed by atoms with van der Waals surface area (Å²) in [6.45, 7) is 11.1. The first-order chi connectivity index (χ1) is 7.22. The zero-order valence-corrected chi connectivity index (χ0v) is 12.0. The summed E-state index contributed by atoms with van der Waals surface area (Å²) in [5.41, 5.74) is 0. The standard InChI is InChI=1S/C12H24O3Si/c1-12(2,3)16(4,5)15-11-9-7-6-8(14-9)10(11)13/h8-11,13H,6-7H2,1-5H3/t8-,9+,10+,11-/m1/s1. The number of fused-ring (bicyclic) bond motifs is 2. The van der Waals surface area contributed by atoms with Gasteiger partial charge in [0.1, 0.15) is 6.10 Å². The first kappa shape index (κ1) is 12.6. The van der Waals surface area contributed by atoms with Crippen LogP contribution in [0.25, 0.3) is 0 Å². The van der Waals surface area contributed by atoms with Crippen LogP contribution in [0, 0.1) is 0 Å². The molecule has 0 spiro atoms. The van der Waals surface area contributed by atoms with Crippen molar-refractivity contribution in [3.8, 4) is 0 Å². The van der Waals surface area contributed by atoms with Gasteiger partial charge in [0, 0.05) is 0 Å². The average molecular weight is 244 g/mol. The molecule has 4 heteroatoms.